The molecule has 1 aromatic carbocycles. The van der Waals surface area contributed by atoms with E-state index in [1.807, 2.05) is 19.1 Å². The van der Waals surface area contributed by atoms with Crippen molar-refractivity contribution in [3.63, 3.8) is 0 Å². The van der Waals surface area contributed by atoms with Gasteiger partial charge in [-0.05, 0) is 31.9 Å². The van der Waals surface area contributed by atoms with Crippen molar-refractivity contribution in [3.8, 4) is 5.75 Å². The van der Waals surface area contributed by atoms with E-state index in [0.717, 1.165) is 21.1 Å². The molecule has 0 atom stereocenters. The van der Waals surface area contributed by atoms with E-state index in [1.165, 1.54) is 16.9 Å². The Morgan fingerprint density at radius 1 is 1.26 bits per heavy atom. The Morgan fingerprint density at radius 3 is 2.61 bits per heavy atom. The third kappa shape index (κ3) is 3.64. The van der Waals surface area contributed by atoms with Crippen molar-refractivity contribution in [2.75, 3.05) is 19.3 Å². The van der Waals surface area contributed by atoms with Crippen molar-refractivity contribution in [1.82, 2.24) is 14.3 Å². The summed E-state index contributed by atoms with van der Waals surface area (Å²) in [5.74, 6) is 0.706. The summed E-state index contributed by atoms with van der Waals surface area (Å²) in [5.41, 5.74) is 1.68. The number of aryl methyl sites for hydroxylation is 1. The summed E-state index contributed by atoms with van der Waals surface area (Å²) in [6, 6.07) is 3.88. The van der Waals surface area contributed by atoms with Crippen LogP contribution in [0.1, 0.15) is 18.5 Å². The number of fused-ring (bicyclic) bond motifs is 1. The van der Waals surface area contributed by atoms with E-state index in [-0.39, 0.29) is 6.10 Å². The first-order valence-electron chi connectivity index (χ1n) is 7.37. The van der Waals surface area contributed by atoms with Gasteiger partial charge in [-0.2, -0.15) is 0 Å². The maximum atomic E-state index is 11.6. The molecular weight excluding hydrogens is 382 g/mol. The van der Waals surface area contributed by atoms with Crippen molar-refractivity contribution >= 4 is 36.9 Å². The lowest BCUT2D eigenvalue weighted by Gasteiger charge is -2.30. The van der Waals surface area contributed by atoms with Gasteiger partial charge in [0.2, 0.25) is 10.0 Å². The molecule has 23 heavy (non-hydrogen) atoms. The fraction of sp³-hybridized carbons (Fsp3) is 0.467. The average Bonchev–Trinajstić information content (AvgIpc) is 2.48. The summed E-state index contributed by atoms with van der Waals surface area (Å²) in [6.07, 6.45) is 4.11. The summed E-state index contributed by atoms with van der Waals surface area (Å²) >= 11 is 3.49. The van der Waals surface area contributed by atoms with Crippen LogP contribution in [0, 0.1) is 6.92 Å². The normalized spacial score (nSPS) is 17.5. The molecule has 0 bridgehead atoms. The number of piperidine rings is 1. The molecule has 1 fully saturated rings. The van der Waals surface area contributed by atoms with E-state index in [4.69, 9.17) is 4.74 Å². The molecule has 1 aliphatic heterocycles. The van der Waals surface area contributed by atoms with Crippen LogP contribution in [-0.2, 0) is 10.0 Å². The van der Waals surface area contributed by atoms with Crippen LogP contribution in [0.15, 0.2) is 22.9 Å². The van der Waals surface area contributed by atoms with Crippen LogP contribution in [0.5, 0.6) is 5.75 Å². The van der Waals surface area contributed by atoms with Crippen LogP contribution in [0.2, 0.25) is 0 Å². The third-order valence-electron chi connectivity index (χ3n) is 4.03. The van der Waals surface area contributed by atoms with Gasteiger partial charge in [-0.25, -0.2) is 22.7 Å². The predicted octanol–water partition coefficient (Wildman–Crippen LogP) is 2.50. The second kappa shape index (κ2) is 6.33. The summed E-state index contributed by atoms with van der Waals surface area (Å²) in [6.45, 7) is 2.91. The van der Waals surface area contributed by atoms with Crippen molar-refractivity contribution in [3.05, 3.63) is 28.6 Å². The molecule has 1 aromatic heterocycles. The maximum absolute atomic E-state index is 11.6. The number of hydrogen-bond donors (Lipinski definition) is 0. The van der Waals surface area contributed by atoms with E-state index in [2.05, 4.69) is 25.9 Å². The Bertz CT molecular complexity index is 833. The topological polar surface area (TPSA) is 72.4 Å². The smallest absolute Gasteiger partial charge is 0.211 e. The number of ether oxygens (including phenoxy) is 1. The Kier molecular flexibility index (Phi) is 4.57. The molecular formula is C15H18BrN3O3S. The van der Waals surface area contributed by atoms with E-state index >= 15 is 0 Å². The molecule has 8 heteroatoms. The molecule has 6 nitrogen and oxygen atoms in total. The highest BCUT2D eigenvalue weighted by Gasteiger charge is 2.26. The molecule has 0 spiro atoms. The van der Waals surface area contributed by atoms with Crippen LogP contribution in [0.4, 0.5) is 0 Å². The summed E-state index contributed by atoms with van der Waals surface area (Å²) in [4.78, 5) is 8.55. The van der Waals surface area contributed by atoms with Crippen LogP contribution >= 0.6 is 15.9 Å². The van der Waals surface area contributed by atoms with Gasteiger partial charge in [0.1, 0.15) is 23.7 Å². The molecule has 2 heterocycles. The Morgan fingerprint density at radius 2 is 1.96 bits per heavy atom. The van der Waals surface area contributed by atoms with Gasteiger partial charge in [-0.15, -0.1) is 0 Å². The van der Waals surface area contributed by atoms with Gasteiger partial charge in [0.15, 0.2) is 0 Å². The van der Waals surface area contributed by atoms with E-state index < -0.39 is 10.0 Å². The van der Waals surface area contributed by atoms with Crippen LogP contribution in [0.25, 0.3) is 10.9 Å². The van der Waals surface area contributed by atoms with E-state index in [0.29, 0.717) is 31.7 Å². The highest BCUT2D eigenvalue weighted by molar-refractivity contribution is 9.10. The van der Waals surface area contributed by atoms with Crippen molar-refractivity contribution < 1.29 is 13.2 Å². The SMILES string of the molecule is Cc1ncnc2c(OC3CCN(S(C)(=O)=O)CC3)cc(Br)cc12. The van der Waals surface area contributed by atoms with Crippen LogP contribution < -0.4 is 4.74 Å². The van der Waals surface area contributed by atoms with E-state index in [1.54, 1.807) is 0 Å². The Hall–Kier alpha value is -1.25. The van der Waals surface area contributed by atoms with Gasteiger partial charge in [0.05, 0.1) is 6.26 Å². The first-order chi connectivity index (χ1) is 10.8. The van der Waals surface area contributed by atoms with Gasteiger partial charge in [-0.1, -0.05) is 15.9 Å². The molecule has 3 rings (SSSR count). The number of hydrogen-bond acceptors (Lipinski definition) is 5. The number of rotatable bonds is 3. The Balaban J connectivity index is 1.82. The first-order valence-corrected chi connectivity index (χ1v) is 10.0. The van der Waals surface area contributed by atoms with Gasteiger partial charge in [0.25, 0.3) is 0 Å². The summed E-state index contributed by atoms with van der Waals surface area (Å²) in [5, 5.41) is 0.949. The minimum Gasteiger partial charge on any atom is -0.488 e. The molecule has 1 saturated heterocycles. The monoisotopic (exact) mass is 399 g/mol. The minimum absolute atomic E-state index is 0.0132. The van der Waals surface area contributed by atoms with Crippen molar-refractivity contribution in [1.29, 1.82) is 0 Å². The molecule has 0 unspecified atom stereocenters. The molecule has 0 radical (unpaired) electrons. The van der Waals surface area contributed by atoms with Gasteiger partial charge in [-0.3, -0.25) is 0 Å². The molecule has 0 aliphatic carbocycles. The molecule has 2 aromatic rings. The highest BCUT2D eigenvalue weighted by atomic mass is 79.9. The van der Waals surface area contributed by atoms with Crippen LogP contribution in [-0.4, -0.2) is 48.1 Å². The number of nitrogens with zero attached hydrogens (tertiary/aromatic N) is 3. The lowest BCUT2D eigenvalue weighted by atomic mass is 10.1. The molecule has 124 valence electrons. The van der Waals surface area contributed by atoms with Gasteiger partial charge < -0.3 is 4.74 Å². The third-order valence-corrected chi connectivity index (χ3v) is 5.79. The number of sulfonamides is 1. The molecule has 0 amide bonds. The standard InChI is InChI=1S/C15H18BrN3O3S/c1-10-13-7-11(16)8-14(15(13)18-9-17-10)22-12-3-5-19(6-4-12)23(2,20)21/h7-9,12H,3-6H2,1-2H3. The number of aromatic nitrogens is 2. The molecule has 0 saturated carbocycles. The molecule has 0 N–H and O–H groups in total. The Labute approximate surface area is 144 Å². The minimum atomic E-state index is -3.12. The zero-order valence-electron chi connectivity index (χ0n) is 13.0. The maximum Gasteiger partial charge on any atom is 0.211 e. The summed E-state index contributed by atoms with van der Waals surface area (Å²) in [7, 11) is -3.12. The fourth-order valence-corrected chi connectivity index (χ4v) is 4.09. The largest absolute Gasteiger partial charge is 0.488 e. The number of halogens is 1. The predicted molar refractivity (Wildman–Crippen MR) is 92.0 cm³/mol. The van der Waals surface area contributed by atoms with Crippen molar-refractivity contribution in [2.45, 2.75) is 25.9 Å². The van der Waals surface area contributed by atoms with Crippen molar-refractivity contribution in [2.24, 2.45) is 0 Å². The van der Waals surface area contributed by atoms with Crippen LogP contribution in [0.3, 0.4) is 0 Å². The second-order valence-electron chi connectivity index (χ2n) is 5.74. The summed E-state index contributed by atoms with van der Waals surface area (Å²) < 4.78 is 31.7. The van der Waals surface area contributed by atoms with Gasteiger partial charge in [0, 0.05) is 28.6 Å². The fourth-order valence-electron chi connectivity index (χ4n) is 2.78. The van der Waals surface area contributed by atoms with Gasteiger partial charge >= 0.3 is 0 Å². The zero-order chi connectivity index (χ0) is 16.6. The first kappa shape index (κ1) is 16.6. The zero-order valence-corrected chi connectivity index (χ0v) is 15.4. The average molecular weight is 400 g/mol. The lowest BCUT2D eigenvalue weighted by Crippen LogP contribution is -2.41. The second-order valence-corrected chi connectivity index (χ2v) is 8.64. The van der Waals surface area contributed by atoms with E-state index in [9.17, 15) is 8.42 Å². The lowest BCUT2D eigenvalue weighted by molar-refractivity contribution is 0.137. The highest BCUT2D eigenvalue weighted by Crippen LogP contribution is 2.31. The quantitative estimate of drug-likeness (QED) is 0.792. The number of benzene rings is 1. The molecule has 1 aliphatic rings.